The number of hydrogen-bond acceptors (Lipinski definition) is 3. The molecular weight excluding hydrogens is 297 g/mol. The second-order valence-corrected chi connectivity index (χ2v) is 6.02. The summed E-state index contributed by atoms with van der Waals surface area (Å²) in [5.74, 6) is -5.28. The molecule has 2 N–H and O–H groups in total. The van der Waals surface area contributed by atoms with Crippen molar-refractivity contribution in [3.63, 3.8) is 0 Å². The van der Waals surface area contributed by atoms with Gasteiger partial charge in [-0.1, -0.05) is 0 Å². The highest BCUT2D eigenvalue weighted by molar-refractivity contribution is 7.89. The summed E-state index contributed by atoms with van der Waals surface area (Å²) in [5.41, 5.74) is 0. The monoisotopic (exact) mass is 308 g/mol. The number of rotatable bonds is 3. The summed E-state index contributed by atoms with van der Waals surface area (Å²) < 4.78 is 65.3. The van der Waals surface area contributed by atoms with E-state index in [-0.39, 0.29) is 25.3 Å². The predicted molar refractivity (Wildman–Crippen MR) is 62.7 cm³/mol. The van der Waals surface area contributed by atoms with E-state index in [0.717, 1.165) is 0 Å². The van der Waals surface area contributed by atoms with Crippen LogP contribution in [0.1, 0.15) is 12.8 Å². The van der Waals surface area contributed by atoms with E-state index < -0.39 is 38.4 Å². The maximum absolute atomic E-state index is 13.5. The van der Waals surface area contributed by atoms with E-state index in [1.807, 2.05) is 0 Å². The molecule has 5 nitrogen and oxygen atoms in total. The SMILES string of the molecule is O=C1CCC(NS(=O)(=O)c2ccc(F)c(F)c2F)CN1. The van der Waals surface area contributed by atoms with Gasteiger partial charge < -0.3 is 5.32 Å². The summed E-state index contributed by atoms with van der Waals surface area (Å²) in [7, 11) is -4.33. The average Bonchev–Trinajstić information content (AvgIpc) is 2.38. The van der Waals surface area contributed by atoms with E-state index in [0.29, 0.717) is 12.1 Å². The van der Waals surface area contributed by atoms with Crippen LogP contribution in [0.25, 0.3) is 0 Å². The molecule has 1 unspecified atom stereocenters. The molecule has 0 bridgehead atoms. The molecule has 1 amide bonds. The van der Waals surface area contributed by atoms with E-state index in [1.165, 1.54) is 0 Å². The minimum atomic E-state index is -4.33. The highest BCUT2D eigenvalue weighted by Crippen LogP contribution is 2.20. The summed E-state index contributed by atoms with van der Waals surface area (Å²) in [6.07, 6.45) is 0.379. The van der Waals surface area contributed by atoms with Crippen LogP contribution in [0.3, 0.4) is 0 Å². The average molecular weight is 308 g/mol. The van der Waals surface area contributed by atoms with E-state index in [4.69, 9.17) is 0 Å². The molecule has 0 aromatic heterocycles. The number of nitrogens with one attached hydrogen (secondary N) is 2. The lowest BCUT2D eigenvalue weighted by Crippen LogP contribution is -2.47. The zero-order valence-electron chi connectivity index (χ0n) is 10.1. The number of piperidine rings is 1. The van der Waals surface area contributed by atoms with Gasteiger partial charge in [0.2, 0.25) is 15.9 Å². The van der Waals surface area contributed by atoms with Crippen LogP contribution in [0.2, 0.25) is 0 Å². The molecule has 1 aliphatic heterocycles. The normalized spacial score (nSPS) is 19.8. The third-order valence-electron chi connectivity index (χ3n) is 2.88. The Kier molecular flexibility index (Phi) is 4.00. The Morgan fingerprint density at radius 1 is 1.20 bits per heavy atom. The molecule has 1 aromatic rings. The molecule has 20 heavy (non-hydrogen) atoms. The highest BCUT2D eigenvalue weighted by Gasteiger charge is 2.28. The zero-order valence-corrected chi connectivity index (χ0v) is 10.9. The van der Waals surface area contributed by atoms with Gasteiger partial charge in [0.05, 0.1) is 0 Å². The Bertz CT molecular complexity index is 639. The molecule has 2 rings (SSSR count). The minimum Gasteiger partial charge on any atom is -0.355 e. The molecular formula is C11H11F3N2O3S. The molecule has 0 aliphatic carbocycles. The molecule has 1 fully saturated rings. The van der Waals surface area contributed by atoms with Crippen LogP contribution >= 0.6 is 0 Å². The minimum absolute atomic E-state index is 0.0589. The Hall–Kier alpha value is -1.61. The van der Waals surface area contributed by atoms with Crippen LogP contribution in [0.5, 0.6) is 0 Å². The van der Waals surface area contributed by atoms with Gasteiger partial charge in [0, 0.05) is 19.0 Å². The van der Waals surface area contributed by atoms with Crippen LogP contribution < -0.4 is 10.0 Å². The van der Waals surface area contributed by atoms with Crippen LogP contribution in [0, 0.1) is 17.5 Å². The van der Waals surface area contributed by atoms with Crippen molar-refractivity contribution in [3.8, 4) is 0 Å². The van der Waals surface area contributed by atoms with E-state index in [2.05, 4.69) is 10.0 Å². The van der Waals surface area contributed by atoms with Crippen molar-refractivity contribution in [3.05, 3.63) is 29.6 Å². The van der Waals surface area contributed by atoms with Gasteiger partial charge in [0.15, 0.2) is 17.5 Å². The van der Waals surface area contributed by atoms with Gasteiger partial charge in [-0.2, -0.15) is 0 Å². The Morgan fingerprint density at radius 3 is 2.50 bits per heavy atom. The Balaban J connectivity index is 2.23. The van der Waals surface area contributed by atoms with Crippen molar-refractivity contribution in [2.24, 2.45) is 0 Å². The topological polar surface area (TPSA) is 75.3 Å². The number of carbonyl (C=O) groups excluding carboxylic acids is 1. The van der Waals surface area contributed by atoms with Gasteiger partial charge >= 0.3 is 0 Å². The molecule has 1 saturated heterocycles. The quantitative estimate of drug-likeness (QED) is 0.806. The first-order chi connectivity index (χ1) is 9.31. The molecule has 1 aliphatic rings. The molecule has 0 radical (unpaired) electrons. The summed E-state index contributed by atoms with van der Waals surface area (Å²) in [6, 6.07) is 0.567. The third-order valence-corrected chi connectivity index (χ3v) is 4.41. The van der Waals surface area contributed by atoms with Gasteiger partial charge in [0.25, 0.3) is 0 Å². The van der Waals surface area contributed by atoms with Gasteiger partial charge in [-0.25, -0.2) is 26.3 Å². The maximum Gasteiger partial charge on any atom is 0.243 e. The molecule has 0 spiro atoms. The van der Waals surface area contributed by atoms with Gasteiger partial charge in [-0.15, -0.1) is 0 Å². The smallest absolute Gasteiger partial charge is 0.243 e. The van der Waals surface area contributed by atoms with Crippen molar-refractivity contribution in [1.29, 1.82) is 0 Å². The predicted octanol–water partition coefficient (Wildman–Crippen LogP) is 0.661. The second kappa shape index (κ2) is 5.41. The van der Waals surface area contributed by atoms with Crippen LogP contribution in [-0.2, 0) is 14.8 Å². The van der Waals surface area contributed by atoms with Crippen molar-refractivity contribution in [2.75, 3.05) is 6.54 Å². The zero-order chi connectivity index (χ0) is 14.9. The molecule has 0 saturated carbocycles. The van der Waals surface area contributed by atoms with Gasteiger partial charge in [-0.3, -0.25) is 4.79 Å². The van der Waals surface area contributed by atoms with E-state index in [9.17, 15) is 26.4 Å². The van der Waals surface area contributed by atoms with Crippen LogP contribution in [0.4, 0.5) is 13.2 Å². The molecule has 1 heterocycles. The van der Waals surface area contributed by atoms with Gasteiger partial charge in [0.1, 0.15) is 4.90 Å². The van der Waals surface area contributed by atoms with Gasteiger partial charge in [-0.05, 0) is 18.6 Å². The Morgan fingerprint density at radius 2 is 1.90 bits per heavy atom. The fourth-order valence-electron chi connectivity index (χ4n) is 1.83. The largest absolute Gasteiger partial charge is 0.355 e. The van der Waals surface area contributed by atoms with E-state index >= 15 is 0 Å². The molecule has 1 atom stereocenters. The second-order valence-electron chi connectivity index (χ2n) is 4.33. The number of sulfonamides is 1. The summed E-state index contributed by atoms with van der Waals surface area (Å²) >= 11 is 0. The first-order valence-corrected chi connectivity index (χ1v) is 7.22. The maximum atomic E-state index is 13.5. The number of benzene rings is 1. The summed E-state index contributed by atoms with van der Waals surface area (Å²) in [5, 5.41) is 2.45. The molecule has 9 heteroatoms. The molecule has 110 valence electrons. The lowest BCUT2D eigenvalue weighted by molar-refractivity contribution is -0.122. The summed E-state index contributed by atoms with van der Waals surface area (Å²) in [6.45, 7) is 0.0589. The number of carbonyl (C=O) groups is 1. The lowest BCUT2D eigenvalue weighted by Gasteiger charge is -2.23. The standard InChI is InChI=1S/C11H11F3N2O3S/c12-7-2-3-8(11(14)10(7)13)20(18,19)16-6-1-4-9(17)15-5-6/h2-3,6,16H,1,4-5H2,(H,15,17). The lowest BCUT2D eigenvalue weighted by atomic mass is 10.1. The highest BCUT2D eigenvalue weighted by atomic mass is 32.2. The van der Waals surface area contributed by atoms with Crippen molar-refractivity contribution in [2.45, 2.75) is 23.8 Å². The van der Waals surface area contributed by atoms with Crippen molar-refractivity contribution >= 4 is 15.9 Å². The fourth-order valence-corrected chi connectivity index (χ4v) is 3.17. The number of halogens is 3. The van der Waals surface area contributed by atoms with Crippen molar-refractivity contribution in [1.82, 2.24) is 10.0 Å². The van der Waals surface area contributed by atoms with Crippen LogP contribution in [0.15, 0.2) is 17.0 Å². The van der Waals surface area contributed by atoms with Crippen molar-refractivity contribution < 1.29 is 26.4 Å². The first-order valence-electron chi connectivity index (χ1n) is 5.74. The summed E-state index contributed by atoms with van der Waals surface area (Å²) in [4.78, 5) is 9.98. The number of amides is 1. The Labute approximate surface area is 113 Å². The van der Waals surface area contributed by atoms with Crippen LogP contribution in [-0.4, -0.2) is 26.9 Å². The first kappa shape index (κ1) is 14.8. The number of hydrogen-bond donors (Lipinski definition) is 2. The third kappa shape index (κ3) is 2.93. The fraction of sp³-hybridized carbons (Fsp3) is 0.364. The molecule has 1 aromatic carbocycles. The van der Waals surface area contributed by atoms with E-state index in [1.54, 1.807) is 0 Å².